The number of ether oxygens (including phenoxy) is 2. The molecule has 0 aliphatic carbocycles. The lowest BCUT2D eigenvalue weighted by molar-refractivity contribution is -0.118. The third kappa shape index (κ3) is 11.2. The van der Waals surface area contributed by atoms with Crippen molar-refractivity contribution in [2.45, 2.75) is 31.8 Å². The molecule has 328 valence electrons. The molecular weight excluding hydrogens is 825 g/mol. The van der Waals surface area contributed by atoms with Crippen LogP contribution < -0.4 is 15.4 Å². The van der Waals surface area contributed by atoms with Crippen molar-refractivity contribution in [3.63, 3.8) is 0 Å². The number of nitrogens with one attached hydrogen (secondary N) is 2. The quantitative estimate of drug-likeness (QED) is 0.0707. The lowest BCUT2D eigenvalue weighted by atomic mass is 9.94. The summed E-state index contributed by atoms with van der Waals surface area (Å²) in [4.78, 5) is 43.4. The highest BCUT2D eigenvalue weighted by Crippen LogP contribution is 2.30. The molecular formula is C54H48N8O4. The van der Waals surface area contributed by atoms with Gasteiger partial charge in [0.15, 0.2) is 5.65 Å². The Balaban J connectivity index is 0.985. The molecule has 1 saturated heterocycles. The summed E-state index contributed by atoms with van der Waals surface area (Å²) in [6, 6.07) is 45.4. The molecule has 0 radical (unpaired) electrons. The molecule has 0 spiro atoms. The van der Waals surface area contributed by atoms with Crippen LogP contribution in [0.25, 0.3) is 45.2 Å². The number of amides is 2. The largest absolute Gasteiger partial charge is 0.492 e. The lowest BCUT2D eigenvalue weighted by Crippen LogP contribution is -2.38. The Bertz CT molecular complexity index is 2990. The Labute approximate surface area is 383 Å². The van der Waals surface area contributed by atoms with Crippen LogP contribution in [0.4, 0.5) is 0 Å². The van der Waals surface area contributed by atoms with E-state index in [0.29, 0.717) is 35.6 Å². The van der Waals surface area contributed by atoms with E-state index in [1.807, 2.05) is 121 Å². The third-order valence-corrected chi connectivity index (χ3v) is 11.4. The number of morpholine rings is 1. The van der Waals surface area contributed by atoms with Crippen molar-refractivity contribution in [3.8, 4) is 29.0 Å². The summed E-state index contributed by atoms with van der Waals surface area (Å²) in [5.41, 5.74) is 6.28. The van der Waals surface area contributed by atoms with Gasteiger partial charge in [-0.15, -0.1) is 0 Å². The molecule has 1 fully saturated rings. The summed E-state index contributed by atoms with van der Waals surface area (Å²) in [6.07, 6.45) is 6.15. The van der Waals surface area contributed by atoms with E-state index in [1.165, 1.54) is 12.2 Å². The fourth-order valence-electron chi connectivity index (χ4n) is 7.91. The van der Waals surface area contributed by atoms with Gasteiger partial charge in [0.05, 0.1) is 42.2 Å². The van der Waals surface area contributed by atoms with E-state index in [-0.39, 0.29) is 17.2 Å². The molecule has 0 saturated carbocycles. The molecule has 2 unspecified atom stereocenters. The normalized spacial score (nSPS) is 14.2. The maximum absolute atomic E-state index is 13.8. The van der Waals surface area contributed by atoms with E-state index >= 15 is 0 Å². The summed E-state index contributed by atoms with van der Waals surface area (Å²) in [7, 11) is 0. The standard InChI is InChI=1S/C54H48N8O4/c1-2-8-49(37-18-22-48(23-19-37)66-30-27-62-25-28-65-29-26-62)60-53(63)44(35-55)32-46-20-16-38-14-15-42(34-50(38)58-46)41-11-6-12-43(31-41)51(39-9-4-3-5-10-39)61-54(64)45(36-56)33-47-21-17-40-13-7-24-57-52(40)59-47/h3-7,9-24,31-34,49,51H,2,8,25-30H2,1H3,(H,60,63)(H,61,64)/b44-32+,45-33+. The topological polar surface area (TPSA) is 166 Å². The van der Waals surface area contributed by atoms with Gasteiger partial charge in [0.2, 0.25) is 0 Å². The van der Waals surface area contributed by atoms with E-state index in [1.54, 1.807) is 18.3 Å². The number of benzene rings is 4. The molecule has 2 atom stereocenters. The lowest BCUT2D eigenvalue weighted by Gasteiger charge is -2.26. The Morgan fingerprint density at radius 1 is 0.727 bits per heavy atom. The number of carbonyl (C=O) groups is 2. The average molecular weight is 873 g/mol. The van der Waals surface area contributed by atoms with Crippen LogP contribution in [0.15, 0.2) is 151 Å². The van der Waals surface area contributed by atoms with Crippen LogP contribution in [0.2, 0.25) is 0 Å². The molecule has 4 heterocycles. The SMILES string of the molecule is CCCC(NC(=O)/C(C#N)=C/c1ccc2ccc(-c3cccc(C(NC(=O)/C(C#N)=C/c4ccc5cccnc5n4)c4ccccc4)c3)cc2n1)c1ccc(OCCN2CCOCC2)cc1. The summed E-state index contributed by atoms with van der Waals surface area (Å²) in [6.45, 7) is 6.78. The fourth-order valence-corrected chi connectivity index (χ4v) is 7.91. The van der Waals surface area contributed by atoms with Gasteiger partial charge >= 0.3 is 0 Å². The van der Waals surface area contributed by atoms with Crippen LogP contribution in [0.5, 0.6) is 5.75 Å². The highest BCUT2D eigenvalue weighted by Gasteiger charge is 2.21. The maximum atomic E-state index is 13.8. The highest BCUT2D eigenvalue weighted by atomic mass is 16.5. The highest BCUT2D eigenvalue weighted by molar-refractivity contribution is 6.03. The van der Waals surface area contributed by atoms with Gasteiger partial charge in [0.1, 0.15) is 35.6 Å². The van der Waals surface area contributed by atoms with Crippen molar-refractivity contribution >= 4 is 45.9 Å². The summed E-state index contributed by atoms with van der Waals surface area (Å²) in [5.74, 6) is -0.260. The van der Waals surface area contributed by atoms with Crippen LogP contribution in [0, 0.1) is 22.7 Å². The molecule has 0 bridgehead atoms. The molecule has 66 heavy (non-hydrogen) atoms. The Hall–Kier alpha value is -8.03. The van der Waals surface area contributed by atoms with E-state index in [2.05, 4.69) is 44.6 Å². The van der Waals surface area contributed by atoms with Gasteiger partial charge in [-0.3, -0.25) is 14.5 Å². The van der Waals surface area contributed by atoms with Crippen molar-refractivity contribution in [2.24, 2.45) is 0 Å². The minimum absolute atomic E-state index is 0.0520. The first-order valence-electron chi connectivity index (χ1n) is 22.0. The minimum atomic E-state index is -0.589. The predicted octanol–water partition coefficient (Wildman–Crippen LogP) is 8.93. The molecule has 1 aliphatic heterocycles. The summed E-state index contributed by atoms with van der Waals surface area (Å²) >= 11 is 0. The zero-order valence-electron chi connectivity index (χ0n) is 36.6. The summed E-state index contributed by atoms with van der Waals surface area (Å²) < 4.78 is 11.4. The van der Waals surface area contributed by atoms with Gasteiger partial charge in [-0.25, -0.2) is 15.0 Å². The summed E-state index contributed by atoms with van der Waals surface area (Å²) in [5, 5.41) is 28.2. The van der Waals surface area contributed by atoms with E-state index in [9.17, 15) is 20.1 Å². The minimum Gasteiger partial charge on any atom is -0.492 e. The molecule has 1 aliphatic rings. The van der Waals surface area contributed by atoms with Gasteiger partial charge in [-0.05, 0) is 101 Å². The first kappa shape index (κ1) is 44.6. The Morgan fingerprint density at radius 2 is 1.41 bits per heavy atom. The number of hydrogen-bond donors (Lipinski definition) is 2. The molecule has 12 nitrogen and oxygen atoms in total. The average Bonchev–Trinajstić information content (AvgIpc) is 3.36. The Kier molecular flexibility index (Phi) is 14.6. The van der Waals surface area contributed by atoms with Gasteiger partial charge in [-0.1, -0.05) is 92.2 Å². The first-order chi connectivity index (χ1) is 32.4. The van der Waals surface area contributed by atoms with Crippen molar-refractivity contribution < 1.29 is 19.1 Å². The number of fused-ring (bicyclic) bond motifs is 2. The second-order valence-corrected chi connectivity index (χ2v) is 15.9. The third-order valence-electron chi connectivity index (χ3n) is 11.4. The number of nitriles is 2. The van der Waals surface area contributed by atoms with Gasteiger partial charge in [0.25, 0.3) is 11.8 Å². The fraction of sp³-hybridized carbons (Fsp3) is 0.204. The van der Waals surface area contributed by atoms with Gasteiger partial charge < -0.3 is 20.1 Å². The van der Waals surface area contributed by atoms with Crippen molar-refractivity contribution in [2.75, 3.05) is 39.5 Å². The van der Waals surface area contributed by atoms with E-state index < -0.39 is 17.9 Å². The van der Waals surface area contributed by atoms with Gasteiger partial charge in [-0.2, -0.15) is 10.5 Å². The number of carbonyl (C=O) groups excluding carboxylic acids is 2. The zero-order valence-corrected chi connectivity index (χ0v) is 36.6. The molecule has 7 aromatic rings. The monoisotopic (exact) mass is 872 g/mol. The van der Waals surface area contributed by atoms with Crippen LogP contribution in [-0.4, -0.2) is 71.1 Å². The number of nitrogens with zero attached hydrogens (tertiary/aromatic N) is 6. The van der Waals surface area contributed by atoms with Crippen molar-refractivity contribution in [3.05, 3.63) is 179 Å². The van der Waals surface area contributed by atoms with E-state index in [4.69, 9.17) is 14.5 Å². The first-order valence-corrected chi connectivity index (χ1v) is 22.0. The van der Waals surface area contributed by atoms with Crippen LogP contribution >= 0.6 is 0 Å². The van der Waals surface area contributed by atoms with Crippen LogP contribution in [0.3, 0.4) is 0 Å². The second kappa shape index (κ2) is 21.6. The number of aromatic nitrogens is 3. The van der Waals surface area contributed by atoms with Crippen molar-refractivity contribution in [1.82, 2.24) is 30.5 Å². The molecule has 3 aromatic heterocycles. The number of rotatable bonds is 16. The molecule has 12 heteroatoms. The smallest absolute Gasteiger partial charge is 0.262 e. The van der Waals surface area contributed by atoms with E-state index in [0.717, 1.165) is 83.6 Å². The second-order valence-electron chi connectivity index (χ2n) is 15.9. The number of hydrogen-bond acceptors (Lipinski definition) is 10. The molecule has 2 N–H and O–H groups in total. The molecule has 4 aromatic carbocycles. The molecule has 8 rings (SSSR count). The Morgan fingerprint density at radius 3 is 2.15 bits per heavy atom. The zero-order chi connectivity index (χ0) is 45.7. The van der Waals surface area contributed by atoms with Crippen molar-refractivity contribution in [1.29, 1.82) is 10.5 Å². The maximum Gasteiger partial charge on any atom is 0.262 e. The molecule has 2 amide bonds. The number of pyridine rings is 3. The van der Waals surface area contributed by atoms with Gasteiger partial charge in [0, 0.05) is 36.6 Å². The predicted molar refractivity (Wildman–Crippen MR) is 255 cm³/mol. The van der Waals surface area contributed by atoms with Crippen LogP contribution in [0.1, 0.15) is 59.9 Å². The van der Waals surface area contributed by atoms with Crippen LogP contribution in [-0.2, 0) is 14.3 Å².